The molecule has 0 bridgehead atoms. The van der Waals surface area contributed by atoms with Gasteiger partial charge in [-0.3, -0.25) is 0 Å². The minimum Gasteiger partial charge on any atom is -0.477 e. The number of carboxylic acid groups (broad SMARTS) is 1. The molecule has 1 fully saturated rings. The number of ether oxygens (including phenoxy) is 1. The van der Waals surface area contributed by atoms with Gasteiger partial charge >= 0.3 is 5.97 Å². The average Bonchev–Trinajstić information content (AvgIpc) is 2.99. The molecule has 1 unspecified atom stereocenters. The Labute approximate surface area is 115 Å². The largest absolute Gasteiger partial charge is 0.477 e. The summed E-state index contributed by atoms with van der Waals surface area (Å²) in [5.41, 5.74) is 0. The Balaban J connectivity index is 1.91. The summed E-state index contributed by atoms with van der Waals surface area (Å²) in [5, 5.41) is 10.1. The third kappa shape index (κ3) is 3.75. The van der Waals surface area contributed by atoms with Gasteiger partial charge in [0.1, 0.15) is 4.88 Å². The van der Waals surface area contributed by atoms with Crippen LogP contribution in [0.3, 0.4) is 0 Å². The van der Waals surface area contributed by atoms with E-state index >= 15 is 0 Å². The molecule has 1 aliphatic heterocycles. The van der Waals surface area contributed by atoms with E-state index in [9.17, 15) is 13.2 Å². The monoisotopic (exact) mass is 305 g/mol. The number of thiophene rings is 1. The number of sulfonamides is 1. The number of aromatic carboxylic acids is 1. The van der Waals surface area contributed by atoms with Crippen LogP contribution in [-0.2, 0) is 14.8 Å². The highest BCUT2D eigenvalue weighted by molar-refractivity contribution is 7.89. The fraction of sp³-hybridized carbons (Fsp3) is 0.545. The summed E-state index contributed by atoms with van der Waals surface area (Å²) in [6, 6.07) is 1.17. The summed E-state index contributed by atoms with van der Waals surface area (Å²) in [7, 11) is -3.61. The van der Waals surface area contributed by atoms with E-state index in [1.165, 1.54) is 11.4 Å². The molecule has 2 rings (SSSR count). The number of carboxylic acids is 1. The predicted octanol–water partition coefficient (Wildman–Crippen LogP) is 1.15. The van der Waals surface area contributed by atoms with E-state index in [0.717, 1.165) is 30.8 Å². The summed E-state index contributed by atoms with van der Waals surface area (Å²) in [6.07, 6.45) is 1.69. The zero-order valence-corrected chi connectivity index (χ0v) is 11.8. The van der Waals surface area contributed by atoms with Crippen molar-refractivity contribution in [3.63, 3.8) is 0 Å². The Bertz CT molecular complexity index is 545. The second-order valence-corrected chi connectivity index (χ2v) is 7.05. The van der Waals surface area contributed by atoms with Crippen molar-refractivity contribution in [1.82, 2.24) is 4.72 Å². The van der Waals surface area contributed by atoms with Crippen LogP contribution < -0.4 is 4.72 Å². The molecule has 6 nitrogen and oxygen atoms in total. The minimum atomic E-state index is -3.61. The molecule has 0 saturated carbocycles. The van der Waals surface area contributed by atoms with E-state index in [1.807, 2.05) is 0 Å². The molecule has 1 saturated heterocycles. The lowest BCUT2D eigenvalue weighted by Gasteiger charge is -2.08. The third-order valence-corrected chi connectivity index (χ3v) is 5.47. The van der Waals surface area contributed by atoms with Crippen molar-refractivity contribution >= 4 is 27.3 Å². The van der Waals surface area contributed by atoms with Gasteiger partial charge in [-0.05, 0) is 24.8 Å². The van der Waals surface area contributed by atoms with E-state index in [0.29, 0.717) is 19.1 Å². The average molecular weight is 305 g/mol. The highest BCUT2D eigenvalue weighted by Crippen LogP contribution is 2.20. The number of carbonyl (C=O) groups is 1. The van der Waals surface area contributed by atoms with Crippen molar-refractivity contribution in [2.45, 2.75) is 17.7 Å². The highest BCUT2D eigenvalue weighted by atomic mass is 32.2. The van der Waals surface area contributed by atoms with Gasteiger partial charge in [-0.25, -0.2) is 17.9 Å². The lowest BCUT2D eigenvalue weighted by Crippen LogP contribution is -2.26. The lowest BCUT2D eigenvalue weighted by atomic mass is 10.1. The van der Waals surface area contributed by atoms with E-state index in [2.05, 4.69) is 4.72 Å². The van der Waals surface area contributed by atoms with Gasteiger partial charge in [0.05, 0.1) is 4.90 Å². The Morgan fingerprint density at radius 1 is 1.58 bits per heavy atom. The van der Waals surface area contributed by atoms with Gasteiger partial charge in [0.15, 0.2) is 0 Å². The van der Waals surface area contributed by atoms with Crippen LogP contribution in [0.2, 0.25) is 0 Å². The standard InChI is InChI=1S/C11H15NO5S2/c13-11(14)10-5-9(7-18-10)19(15,16)12-3-1-8-2-4-17-6-8/h5,7-8,12H,1-4,6H2,(H,13,14). The summed E-state index contributed by atoms with van der Waals surface area (Å²) in [6.45, 7) is 1.77. The predicted molar refractivity (Wildman–Crippen MR) is 70.0 cm³/mol. The Hall–Kier alpha value is -0.960. The van der Waals surface area contributed by atoms with E-state index in [4.69, 9.17) is 9.84 Å². The molecule has 106 valence electrons. The van der Waals surface area contributed by atoms with Crippen molar-refractivity contribution in [3.8, 4) is 0 Å². The first-order chi connectivity index (χ1) is 8.99. The summed E-state index contributed by atoms with van der Waals surface area (Å²) in [4.78, 5) is 10.7. The molecule has 2 N–H and O–H groups in total. The van der Waals surface area contributed by atoms with Gasteiger partial charge in [0.2, 0.25) is 10.0 Å². The number of hydrogen-bond donors (Lipinski definition) is 2. The van der Waals surface area contributed by atoms with E-state index in [1.54, 1.807) is 0 Å². The zero-order valence-electron chi connectivity index (χ0n) is 10.2. The Morgan fingerprint density at radius 3 is 2.95 bits per heavy atom. The molecule has 1 aromatic rings. The molecule has 0 spiro atoms. The van der Waals surface area contributed by atoms with Gasteiger partial charge in [-0.1, -0.05) is 0 Å². The second-order valence-electron chi connectivity index (χ2n) is 4.37. The maximum atomic E-state index is 11.9. The van der Waals surface area contributed by atoms with Gasteiger partial charge in [0, 0.05) is 25.1 Å². The second kappa shape index (κ2) is 6.00. The third-order valence-electron chi connectivity index (χ3n) is 2.97. The Morgan fingerprint density at radius 2 is 2.37 bits per heavy atom. The highest BCUT2D eigenvalue weighted by Gasteiger charge is 2.20. The van der Waals surface area contributed by atoms with Crippen molar-refractivity contribution in [3.05, 3.63) is 16.3 Å². The minimum absolute atomic E-state index is 0.0116. The van der Waals surface area contributed by atoms with Gasteiger partial charge in [-0.2, -0.15) is 0 Å². The van der Waals surface area contributed by atoms with Crippen molar-refractivity contribution in [2.75, 3.05) is 19.8 Å². The molecular weight excluding hydrogens is 290 g/mol. The molecular formula is C11H15NO5S2. The molecule has 8 heteroatoms. The van der Waals surface area contributed by atoms with Crippen LogP contribution in [0.25, 0.3) is 0 Å². The number of hydrogen-bond acceptors (Lipinski definition) is 5. The normalized spacial score (nSPS) is 19.7. The van der Waals surface area contributed by atoms with Crippen molar-refractivity contribution in [1.29, 1.82) is 0 Å². The maximum absolute atomic E-state index is 11.9. The molecule has 1 aromatic heterocycles. The van der Waals surface area contributed by atoms with E-state index in [-0.39, 0.29) is 9.77 Å². The molecule has 0 aliphatic carbocycles. The zero-order chi connectivity index (χ0) is 13.9. The molecule has 0 amide bonds. The molecule has 2 heterocycles. The van der Waals surface area contributed by atoms with Crippen LogP contribution >= 0.6 is 11.3 Å². The summed E-state index contributed by atoms with van der Waals surface area (Å²) >= 11 is 0.905. The first-order valence-corrected chi connectivity index (χ1v) is 8.24. The summed E-state index contributed by atoms with van der Waals surface area (Å²) in [5.74, 6) is -0.714. The maximum Gasteiger partial charge on any atom is 0.345 e. The fourth-order valence-electron chi connectivity index (χ4n) is 1.86. The van der Waals surface area contributed by atoms with Crippen LogP contribution in [-0.4, -0.2) is 39.3 Å². The van der Waals surface area contributed by atoms with Crippen LogP contribution in [0, 0.1) is 5.92 Å². The molecule has 1 atom stereocenters. The molecule has 19 heavy (non-hydrogen) atoms. The topological polar surface area (TPSA) is 92.7 Å². The van der Waals surface area contributed by atoms with E-state index < -0.39 is 16.0 Å². The smallest absolute Gasteiger partial charge is 0.345 e. The van der Waals surface area contributed by atoms with Crippen molar-refractivity contribution in [2.24, 2.45) is 5.92 Å². The summed E-state index contributed by atoms with van der Waals surface area (Å²) < 4.78 is 31.5. The quantitative estimate of drug-likeness (QED) is 0.822. The molecule has 1 aliphatic rings. The molecule has 0 radical (unpaired) electrons. The number of rotatable bonds is 6. The first kappa shape index (κ1) is 14.4. The SMILES string of the molecule is O=C(O)c1cc(S(=O)(=O)NCCC2CCOC2)cs1. The van der Waals surface area contributed by atoms with Gasteiger partial charge < -0.3 is 9.84 Å². The van der Waals surface area contributed by atoms with Crippen LogP contribution in [0.4, 0.5) is 0 Å². The van der Waals surface area contributed by atoms with Crippen molar-refractivity contribution < 1.29 is 23.1 Å². The van der Waals surface area contributed by atoms with Crippen LogP contribution in [0.15, 0.2) is 16.3 Å². The molecule has 0 aromatic carbocycles. The lowest BCUT2D eigenvalue weighted by molar-refractivity contribution is 0.0702. The van der Waals surface area contributed by atoms with Gasteiger partial charge in [-0.15, -0.1) is 11.3 Å². The Kier molecular flexibility index (Phi) is 4.56. The van der Waals surface area contributed by atoms with Gasteiger partial charge in [0.25, 0.3) is 0 Å². The first-order valence-electron chi connectivity index (χ1n) is 5.88. The van der Waals surface area contributed by atoms with Crippen LogP contribution in [0.5, 0.6) is 0 Å². The van der Waals surface area contributed by atoms with Crippen LogP contribution in [0.1, 0.15) is 22.5 Å². The fourth-order valence-corrected chi connectivity index (χ4v) is 4.02. The number of nitrogens with one attached hydrogen (secondary N) is 1.